The molecular weight excluding hydrogens is 340 g/mol. The van der Waals surface area contributed by atoms with Gasteiger partial charge in [0.15, 0.2) is 0 Å². The van der Waals surface area contributed by atoms with Gasteiger partial charge in [-0.1, -0.05) is 18.2 Å². The number of aryl methyl sites for hydroxylation is 1. The van der Waals surface area contributed by atoms with Crippen LogP contribution >= 0.6 is 0 Å². The van der Waals surface area contributed by atoms with Gasteiger partial charge in [-0.25, -0.2) is 12.7 Å². The highest BCUT2D eigenvalue weighted by atomic mass is 32.2. The molecule has 0 aliphatic heterocycles. The average molecular weight is 362 g/mol. The Hall–Kier alpha value is -2.38. The minimum absolute atomic E-state index is 0.139. The van der Waals surface area contributed by atoms with Crippen LogP contribution in [0.5, 0.6) is 5.75 Å². The highest BCUT2D eigenvalue weighted by Gasteiger charge is 2.18. The van der Waals surface area contributed by atoms with Gasteiger partial charge in [0.25, 0.3) is 0 Å². The van der Waals surface area contributed by atoms with E-state index in [1.807, 2.05) is 19.1 Å². The average Bonchev–Trinajstić information content (AvgIpc) is 2.56. The minimum Gasteiger partial charge on any atom is -0.497 e. The number of sulfonamides is 1. The second kappa shape index (κ2) is 7.67. The van der Waals surface area contributed by atoms with Crippen molar-refractivity contribution in [2.75, 3.05) is 26.5 Å². The summed E-state index contributed by atoms with van der Waals surface area (Å²) in [5.41, 5.74) is 2.08. The summed E-state index contributed by atoms with van der Waals surface area (Å²) < 4.78 is 30.8. The van der Waals surface area contributed by atoms with E-state index in [4.69, 9.17) is 4.74 Å². The first-order valence-electron chi connectivity index (χ1n) is 7.70. The van der Waals surface area contributed by atoms with Crippen molar-refractivity contribution in [2.24, 2.45) is 0 Å². The third-order valence-corrected chi connectivity index (χ3v) is 5.57. The van der Waals surface area contributed by atoms with Crippen LogP contribution in [0, 0.1) is 6.92 Å². The first-order chi connectivity index (χ1) is 11.7. The van der Waals surface area contributed by atoms with Crippen molar-refractivity contribution in [1.29, 1.82) is 0 Å². The predicted molar refractivity (Wildman–Crippen MR) is 97.4 cm³/mol. The molecule has 25 heavy (non-hydrogen) atoms. The molecule has 0 spiro atoms. The molecule has 7 heteroatoms. The fourth-order valence-electron chi connectivity index (χ4n) is 2.27. The van der Waals surface area contributed by atoms with Crippen LogP contribution in [0.25, 0.3) is 0 Å². The van der Waals surface area contributed by atoms with Crippen LogP contribution in [0.1, 0.15) is 11.1 Å². The van der Waals surface area contributed by atoms with Crippen molar-refractivity contribution in [3.63, 3.8) is 0 Å². The molecule has 2 rings (SSSR count). The lowest BCUT2D eigenvalue weighted by atomic mass is 10.1. The normalized spacial score (nSPS) is 11.4. The van der Waals surface area contributed by atoms with Gasteiger partial charge >= 0.3 is 0 Å². The Labute approximate surface area is 148 Å². The van der Waals surface area contributed by atoms with E-state index in [-0.39, 0.29) is 17.2 Å². The van der Waals surface area contributed by atoms with E-state index in [1.54, 1.807) is 25.3 Å². The van der Waals surface area contributed by atoms with Crippen molar-refractivity contribution < 1.29 is 17.9 Å². The van der Waals surface area contributed by atoms with E-state index in [9.17, 15) is 13.2 Å². The standard InChI is InChI=1S/C18H22N2O4S/c1-13-8-9-16(25(22,23)20(2)3)12-17(13)19-18(21)11-14-6-5-7-15(10-14)24-4/h5-10,12H,11H2,1-4H3,(H,19,21). The lowest BCUT2D eigenvalue weighted by molar-refractivity contribution is -0.115. The number of nitrogens with one attached hydrogen (secondary N) is 1. The van der Waals surface area contributed by atoms with Crippen LogP contribution in [0.3, 0.4) is 0 Å². The SMILES string of the molecule is COc1cccc(CC(=O)Nc2cc(S(=O)(=O)N(C)C)ccc2C)c1. The molecular formula is C18H22N2O4S. The van der Waals surface area contributed by atoms with Crippen molar-refractivity contribution in [2.45, 2.75) is 18.2 Å². The zero-order valence-corrected chi connectivity index (χ0v) is 15.6. The maximum Gasteiger partial charge on any atom is 0.242 e. The number of hydrogen-bond acceptors (Lipinski definition) is 4. The van der Waals surface area contributed by atoms with Crippen LogP contribution in [-0.2, 0) is 21.2 Å². The van der Waals surface area contributed by atoms with E-state index in [1.165, 1.54) is 26.2 Å². The second-order valence-corrected chi connectivity index (χ2v) is 7.99. The fourth-order valence-corrected chi connectivity index (χ4v) is 3.20. The van der Waals surface area contributed by atoms with Crippen LogP contribution in [0.2, 0.25) is 0 Å². The highest BCUT2D eigenvalue weighted by Crippen LogP contribution is 2.22. The van der Waals surface area contributed by atoms with Gasteiger partial charge in [-0.05, 0) is 42.3 Å². The number of carbonyl (C=O) groups is 1. The van der Waals surface area contributed by atoms with E-state index in [0.29, 0.717) is 11.4 Å². The summed E-state index contributed by atoms with van der Waals surface area (Å²) in [4.78, 5) is 12.5. The molecule has 0 aliphatic carbocycles. The number of amides is 1. The van der Waals surface area contributed by atoms with Crippen molar-refractivity contribution in [3.8, 4) is 5.75 Å². The smallest absolute Gasteiger partial charge is 0.242 e. The Kier molecular flexibility index (Phi) is 5.81. The summed E-state index contributed by atoms with van der Waals surface area (Å²) in [6.45, 7) is 1.81. The Morgan fingerprint density at radius 3 is 2.52 bits per heavy atom. The maximum absolute atomic E-state index is 12.3. The maximum atomic E-state index is 12.3. The largest absolute Gasteiger partial charge is 0.497 e. The lowest BCUT2D eigenvalue weighted by Crippen LogP contribution is -2.22. The van der Waals surface area contributed by atoms with Gasteiger partial charge in [0.1, 0.15) is 5.75 Å². The molecule has 0 radical (unpaired) electrons. The van der Waals surface area contributed by atoms with Crippen LogP contribution in [-0.4, -0.2) is 39.8 Å². The summed E-state index contributed by atoms with van der Waals surface area (Å²) in [6, 6.07) is 11.9. The second-order valence-electron chi connectivity index (χ2n) is 5.84. The summed E-state index contributed by atoms with van der Waals surface area (Å²) in [7, 11) is 0.951. The Balaban J connectivity index is 2.20. The monoisotopic (exact) mass is 362 g/mol. The highest BCUT2D eigenvalue weighted by molar-refractivity contribution is 7.89. The van der Waals surface area contributed by atoms with Crippen LogP contribution in [0.4, 0.5) is 5.69 Å². The van der Waals surface area contributed by atoms with Gasteiger partial charge in [-0.2, -0.15) is 0 Å². The van der Waals surface area contributed by atoms with Crippen molar-refractivity contribution in [1.82, 2.24) is 4.31 Å². The molecule has 1 amide bonds. The number of anilines is 1. The third kappa shape index (κ3) is 4.58. The number of carbonyl (C=O) groups excluding carboxylic acids is 1. The van der Waals surface area contributed by atoms with Gasteiger partial charge in [0.05, 0.1) is 18.4 Å². The molecule has 0 unspecified atom stereocenters. The summed E-state index contributed by atoms with van der Waals surface area (Å²) in [5, 5.41) is 2.78. The number of ether oxygens (including phenoxy) is 1. The van der Waals surface area contributed by atoms with E-state index < -0.39 is 10.0 Å². The van der Waals surface area contributed by atoms with Gasteiger partial charge < -0.3 is 10.1 Å². The number of hydrogen-bond donors (Lipinski definition) is 1. The van der Waals surface area contributed by atoms with Crippen molar-refractivity contribution >= 4 is 21.6 Å². The van der Waals surface area contributed by atoms with E-state index in [2.05, 4.69) is 5.32 Å². The van der Waals surface area contributed by atoms with Gasteiger partial charge in [-0.15, -0.1) is 0 Å². The summed E-state index contributed by atoms with van der Waals surface area (Å²) in [5.74, 6) is 0.455. The molecule has 2 aromatic rings. The molecule has 1 N–H and O–H groups in total. The van der Waals surface area contributed by atoms with Crippen LogP contribution < -0.4 is 10.1 Å². The fraction of sp³-hybridized carbons (Fsp3) is 0.278. The molecule has 0 atom stereocenters. The zero-order valence-electron chi connectivity index (χ0n) is 14.7. The van der Waals surface area contributed by atoms with Gasteiger partial charge in [0, 0.05) is 19.8 Å². The number of benzene rings is 2. The Morgan fingerprint density at radius 2 is 1.88 bits per heavy atom. The summed E-state index contributed by atoms with van der Waals surface area (Å²) in [6.07, 6.45) is 0.168. The van der Waals surface area contributed by atoms with Crippen LogP contribution in [0.15, 0.2) is 47.4 Å². The molecule has 6 nitrogen and oxygen atoms in total. The minimum atomic E-state index is -3.55. The predicted octanol–water partition coefficient (Wildman–Crippen LogP) is 2.44. The molecule has 134 valence electrons. The summed E-state index contributed by atoms with van der Waals surface area (Å²) >= 11 is 0. The lowest BCUT2D eigenvalue weighted by Gasteiger charge is -2.14. The van der Waals surface area contributed by atoms with Gasteiger partial charge in [0.2, 0.25) is 15.9 Å². The van der Waals surface area contributed by atoms with Gasteiger partial charge in [-0.3, -0.25) is 4.79 Å². The zero-order chi connectivity index (χ0) is 18.6. The topological polar surface area (TPSA) is 75.7 Å². The quantitative estimate of drug-likeness (QED) is 0.856. The molecule has 0 saturated heterocycles. The van der Waals surface area contributed by atoms with E-state index >= 15 is 0 Å². The first kappa shape index (κ1) is 19.0. The molecule has 0 saturated carbocycles. The molecule has 0 aliphatic rings. The number of rotatable bonds is 6. The third-order valence-electron chi connectivity index (χ3n) is 3.76. The van der Waals surface area contributed by atoms with E-state index in [0.717, 1.165) is 15.4 Å². The molecule has 0 fully saturated rings. The number of nitrogens with zero attached hydrogens (tertiary/aromatic N) is 1. The Bertz CT molecular complexity index is 876. The molecule has 0 bridgehead atoms. The Morgan fingerprint density at radius 1 is 1.16 bits per heavy atom. The van der Waals surface area contributed by atoms with Crippen molar-refractivity contribution in [3.05, 3.63) is 53.6 Å². The molecule has 2 aromatic carbocycles. The number of methoxy groups -OCH3 is 1. The first-order valence-corrected chi connectivity index (χ1v) is 9.14. The molecule has 0 heterocycles. The molecule has 0 aromatic heterocycles.